The monoisotopic (exact) mass is 450 g/mol. The number of nitrogens with one attached hydrogen (secondary N) is 1. The quantitative estimate of drug-likeness (QED) is 0.310. The Morgan fingerprint density at radius 2 is 1.78 bits per heavy atom. The van der Waals surface area contributed by atoms with E-state index >= 15 is 0 Å². The van der Waals surface area contributed by atoms with Crippen molar-refractivity contribution in [2.24, 2.45) is 0 Å². The summed E-state index contributed by atoms with van der Waals surface area (Å²) in [6.45, 7) is 3.15. The normalized spacial score (nSPS) is 16.2. The number of unbranched alkanes of at least 4 members (excludes halogenated alkanes) is 4. The van der Waals surface area contributed by atoms with Crippen LogP contribution in [0.4, 0.5) is 0 Å². The van der Waals surface area contributed by atoms with Gasteiger partial charge in [0.1, 0.15) is 6.33 Å². The third-order valence-corrected chi connectivity index (χ3v) is 6.97. The number of benzene rings is 2. The fourth-order valence-electron chi connectivity index (χ4n) is 4.89. The van der Waals surface area contributed by atoms with Gasteiger partial charge in [0.2, 0.25) is 0 Å². The highest BCUT2D eigenvalue weighted by Gasteiger charge is 2.23. The van der Waals surface area contributed by atoms with Gasteiger partial charge in [-0.15, -0.1) is 10.2 Å². The Bertz CT molecular complexity index is 966. The van der Waals surface area contributed by atoms with Gasteiger partial charge in [0.05, 0.1) is 11.7 Å². The van der Waals surface area contributed by atoms with Gasteiger partial charge in [-0.2, -0.15) is 0 Å². The zero-order valence-corrected chi connectivity index (χ0v) is 19.9. The minimum Gasteiger partial charge on any atom is -0.303 e. The first-order valence-electron chi connectivity index (χ1n) is 12.2. The van der Waals surface area contributed by atoms with E-state index < -0.39 is 0 Å². The molecule has 4 rings (SSSR count). The van der Waals surface area contributed by atoms with Crippen LogP contribution in [0.1, 0.15) is 93.6 Å². The number of aromatic nitrogens is 3. The van der Waals surface area contributed by atoms with Crippen molar-refractivity contribution in [3.8, 4) is 5.69 Å². The number of para-hydroxylation sites is 1. The van der Waals surface area contributed by atoms with Crippen LogP contribution in [0, 0.1) is 0 Å². The van der Waals surface area contributed by atoms with Gasteiger partial charge < -0.3 is 5.32 Å². The van der Waals surface area contributed by atoms with Crippen molar-refractivity contribution in [2.45, 2.75) is 83.2 Å². The fourth-order valence-corrected chi connectivity index (χ4v) is 5.01. The van der Waals surface area contributed by atoms with Gasteiger partial charge in [-0.05, 0) is 54.5 Å². The number of rotatable bonds is 11. The molecule has 2 unspecified atom stereocenters. The van der Waals surface area contributed by atoms with Gasteiger partial charge in [0.15, 0.2) is 5.82 Å². The average molecular weight is 451 g/mol. The predicted molar refractivity (Wildman–Crippen MR) is 132 cm³/mol. The maximum atomic E-state index is 6.11. The number of fused-ring (bicyclic) bond motifs is 3. The molecule has 0 fully saturated rings. The number of nitrogens with zero attached hydrogens (tertiary/aromatic N) is 3. The first-order chi connectivity index (χ1) is 15.8. The molecule has 1 N–H and O–H groups in total. The lowest BCUT2D eigenvalue weighted by Gasteiger charge is -2.18. The van der Waals surface area contributed by atoms with Crippen LogP contribution in [0.5, 0.6) is 0 Å². The minimum absolute atomic E-state index is 0.251. The first-order valence-corrected chi connectivity index (χ1v) is 12.6. The molecule has 32 heavy (non-hydrogen) atoms. The summed E-state index contributed by atoms with van der Waals surface area (Å²) in [6.07, 6.45) is 13.1. The Morgan fingerprint density at radius 3 is 2.59 bits per heavy atom. The van der Waals surface area contributed by atoms with Crippen LogP contribution >= 0.6 is 11.6 Å². The molecule has 2 heterocycles. The molecule has 2 aromatic carbocycles. The summed E-state index contributed by atoms with van der Waals surface area (Å²) in [5.41, 5.74) is 3.94. The third-order valence-electron chi connectivity index (χ3n) is 6.72. The molecule has 1 aromatic heterocycles. The topological polar surface area (TPSA) is 42.7 Å². The Balaban J connectivity index is 1.29. The van der Waals surface area contributed by atoms with E-state index in [1.807, 2.05) is 18.5 Å². The predicted octanol–water partition coefficient (Wildman–Crippen LogP) is 7.38. The summed E-state index contributed by atoms with van der Waals surface area (Å²) in [5, 5.41) is 13.2. The van der Waals surface area contributed by atoms with Crippen molar-refractivity contribution >= 4 is 11.6 Å². The lowest BCUT2D eigenvalue weighted by molar-refractivity contribution is 0.441. The summed E-state index contributed by atoms with van der Waals surface area (Å²) in [4.78, 5) is 0. The Kier molecular flexibility index (Phi) is 8.36. The number of hydrogen-bond donors (Lipinski definition) is 1. The van der Waals surface area contributed by atoms with Gasteiger partial charge in [-0.25, -0.2) is 0 Å². The molecule has 170 valence electrons. The Labute approximate surface area is 197 Å². The lowest BCUT2D eigenvalue weighted by Crippen LogP contribution is -2.21. The molecule has 1 aliphatic rings. The van der Waals surface area contributed by atoms with Crippen LogP contribution < -0.4 is 5.32 Å². The second-order valence-corrected chi connectivity index (χ2v) is 9.44. The SMILES string of the molecule is CCCCCC(CCCCCC1NCc2ccccc2-n2cnnc21)c1ccc(Cl)cc1. The highest BCUT2D eigenvalue weighted by atomic mass is 35.5. The van der Waals surface area contributed by atoms with E-state index in [0.29, 0.717) is 5.92 Å². The van der Waals surface area contributed by atoms with Crippen molar-refractivity contribution in [1.29, 1.82) is 0 Å². The summed E-state index contributed by atoms with van der Waals surface area (Å²) >= 11 is 6.11. The maximum Gasteiger partial charge on any atom is 0.154 e. The molecule has 0 spiro atoms. The van der Waals surface area contributed by atoms with Gasteiger partial charge >= 0.3 is 0 Å². The van der Waals surface area contributed by atoms with Crippen molar-refractivity contribution in [3.05, 3.63) is 76.8 Å². The van der Waals surface area contributed by atoms with E-state index in [1.54, 1.807) is 0 Å². The molecule has 0 bridgehead atoms. The summed E-state index contributed by atoms with van der Waals surface area (Å²) in [7, 11) is 0. The fraction of sp³-hybridized carbons (Fsp3) is 0.481. The molecule has 0 radical (unpaired) electrons. The van der Waals surface area contributed by atoms with Crippen LogP contribution in [0.15, 0.2) is 54.9 Å². The first kappa shape index (κ1) is 23.0. The van der Waals surface area contributed by atoms with E-state index in [1.165, 1.54) is 68.2 Å². The summed E-state index contributed by atoms with van der Waals surface area (Å²) < 4.78 is 2.16. The second-order valence-electron chi connectivity index (χ2n) is 9.00. The molecule has 5 heteroatoms. The average Bonchev–Trinajstić information content (AvgIpc) is 3.25. The van der Waals surface area contributed by atoms with Crippen LogP contribution in [-0.4, -0.2) is 14.8 Å². The summed E-state index contributed by atoms with van der Waals surface area (Å²) in [5.74, 6) is 1.68. The summed E-state index contributed by atoms with van der Waals surface area (Å²) in [6, 6.07) is 17.3. The van der Waals surface area contributed by atoms with E-state index in [-0.39, 0.29) is 6.04 Å². The van der Waals surface area contributed by atoms with E-state index in [2.05, 4.69) is 63.4 Å². The van der Waals surface area contributed by atoms with Gasteiger partial charge in [0.25, 0.3) is 0 Å². The van der Waals surface area contributed by atoms with E-state index in [0.717, 1.165) is 23.8 Å². The molecule has 1 aliphatic heterocycles. The Hall–Kier alpha value is -2.17. The Morgan fingerprint density at radius 1 is 1.00 bits per heavy atom. The van der Waals surface area contributed by atoms with Crippen molar-refractivity contribution in [2.75, 3.05) is 0 Å². The zero-order valence-electron chi connectivity index (χ0n) is 19.1. The molecule has 3 aromatic rings. The molecule has 0 amide bonds. The second kappa shape index (κ2) is 11.6. The zero-order chi connectivity index (χ0) is 22.2. The van der Waals surface area contributed by atoms with Gasteiger partial charge in [-0.3, -0.25) is 4.57 Å². The number of hydrogen-bond acceptors (Lipinski definition) is 3. The third kappa shape index (κ3) is 5.79. The van der Waals surface area contributed by atoms with Crippen molar-refractivity contribution < 1.29 is 0 Å². The smallest absolute Gasteiger partial charge is 0.154 e. The van der Waals surface area contributed by atoms with Crippen LogP contribution in [0.3, 0.4) is 0 Å². The molecular formula is C27H35ClN4. The maximum absolute atomic E-state index is 6.11. The van der Waals surface area contributed by atoms with Gasteiger partial charge in [-0.1, -0.05) is 87.4 Å². The molecule has 4 nitrogen and oxygen atoms in total. The van der Waals surface area contributed by atoms with Crippen LogP contribution in [-0.2, 0) is 6.54 Å². The highest BCUT2D eigenvalue weighted by molar-refractivity contribution is 6.30. The largest absolute Gasteiger partial charge is 0.303 e. The standard InChI is InChI=1S/C27H35ClN4/c1-2-3-5-10-21(22-15-17-24(28)18-16-22)11-6-4-7-13-25-27-31-30-20-32(27)26-14-9-8-12-23(26)19-29-25/h8-9,12,14-18,20-21,25,29H,2-7,10-11,13,19H2,1H3. The highest BCUT2D eigenvalue weighted by Crippen LogP contribution is 2.31. The molecule has 0 aliphatic carbocycles. The van der Waals surface area contributed by atoms with Crippen molar-refractivity contribution in [1.82, 2.24) is 20.1 Å². The van der Waals surface area contributed by atoms with Crippen LogP contribution in [0.2, 0.25) is 5.02 Å². The molecular weight excluding hydrogens is 416 g/mol. The molecule has 0 saturated carbocycles. The molecule has 0 saturated heterocycles. The van der Waals surface area contributed by atoms with Gasteiger partial charge in [0, 0.05) is 11.6 Å². The van der Waals surface area contributed by atoms with E-state index in [4.69, 9.17) is 11.6 Å². The lowest BCUT2D eigenvalue weighted by atomic mass is 9.88. The van der Waals surface area contributed by atoms with E-state index in [9.17, 15) is 0 Å². The van der Waals surface area contributed by atoms with Crippen molar-refractivity contribution in [3.63, 3.8) is 0 Å². The number of halogens is 1. The molecule has 2 atom stereocenters. The minimum atomic E-state index is 0.251. The van der Waals surface area contributed by atoms with Crippen LogP contribution in [0.25, 0.3) is 5.69 Å².